The Balaban J connectivity index is 1.82. The van der Waals surface area contributed by atoms with Gasteiger partial charge in [-0.05, 0) is 31.2 Å². The van der Waals surface area contributed by atoms with Crippen molar-refractivity contribution < 1.29 is 23.9 Å². The molecule has 0 bridgehead atoms. The maximum atomic E-state index is 12.8. The molecule has 0 aromatic heterocycles. The maximum absolute atomic E-state index is 12.8. The number of likely N-dealkylation sites (N-methyl/N-ethyl adjacent to an activating group) is 1. The molecule has 30 heavy (non-hydrogen) atoms. The number of allylic oxidation sites excluding steroid dienone is 2. The summed E-state index contributed by atoms with van der Waals surface area (Å²) in [6.45, 7) is 2.42. The molecule has 0 aliphatic heterocycles. The molecule has 0 heterocycles. The second-order valence-corrected chi connectivity index (χ2v) is 7.44. The predicted molar refractivity (Wildman–Crippen MR) is 114 cm³/mol. The number of hydrogen-bond acceptors (Lipinski definition) is 6. The molecule has 0 unspecified atom stereocenters. The number of ketones is 1. The number of carbonyl (C=O) groups is 3. The van der Waals surface area contributed by atoms with Gasteiger partial charge >= 0.3 is 5.97 Å². The van der Waals surface area contributed by atoms with Crippen molar-refractivity contribution in [2.45, 2.75) is 45.6 Å². The first-order valence-electron chi connectivity index (χ1n) is 10.4. The third-order valence-electron chi connectivity index (χ3n) is 5.07. The number of nitrogens with one attached hydrogen (secondary N) is 1. The summed E-state index contributed by atoms with van der Waals surface area (Å²) >= 11 is 0. The van der Waals surface area contributed by atoms with Crippen LogP contribution in [0.4, 0.5) is 0 Å². The zero-order chi connectivity index (χ0) is 21.9. The van der Waals surface area contributed by atoms with Crippen LogP contribution in [0.3, 0.4) is 0 Å². The van der Waals surface area contributed by atoms with Gasteiger partial charge in [-0.3, -0.25) is 14.4 Å². The molecule has 1 N–H and O–H groups in total. The van der Waals surface area contributed by atoms with Crippen LogP contribution in [0, 0.1) is 0 Å². The minimum absolute atomic E-state index is 0.0198. The summed E-state index contributed by atoms with van der Waals surface area (Å²) in [6.07, 6.45) is 4.45. The second kappa shape index (κ2) is 12.1. The zero-order valence-corrected chi connectivity index (χ0v) is 18.2. The minimum atomic E-state index is -0.323. The Kier molecular flexibility index (Phi) is 9.54. The molecule has 2 rings (SSSR count). The number of hydrogen-bond donors (Lipinski definition) is 1. The van der Waals surface area contributed by atoms with Gasteiger partial charge in [0.25, 0.3) is 0 Å². The molecule has 1 aliphatic rings. The Morgan fingerprint density at radius 1 is 1.07 bits per heavy atom. The van der Waals surface area contributed by atoms with Gasteiger partial charge in [0.15, 0.2) is 5.78 Å². The molecule has 0 fully saturated rings. The molecule has 1 aromatic rings. The van der Waals surface area contributed by atoms with E-state index in [1.54, 1.807) is 11.9 Å². The molecule has 7 heteroatoms. The van der Waals surface area contributed by atoms with Gasteiger partial charge in [-0.1, -0.05) is 24.3 Å². The molecule has 1 aromatic carbocycles. The first kappa shape index (κ1) is 23.6. The molecule has 0 saturated carbocycles. The fourth-order valence-electron chi connectivity index (χ4n) is 3.38. The van der Waals surface area contributed by atoms with Crippen LogP contribution in [0.25, 0.3) is 0 Å². The van der Waals surface area contributed by atoms with Gasteiger partial charge < -0.3 is 19.7 Å². The lowest BCUT2D eigenvalue weighted by atomic mass is 9.90. The van der Waals surface area contributed by atoms with Crippen LogP contribution in [0.1, 0.15) is 54.9 Å². The number of carbonyl (C=O) groups excluding carboxylic acids is 3. The lowest BCUT2D eigenvalue weighted by Crippen LogP contribution is -2.30. The Labute approximate surface area is 178 Å². The monoisotopic (exact) mass is 416 g/mol. The van der Waals surface area contributed by atoms with Gasteiger partial charge in [0.2, 0.25) is 5.91 Å². The lowest BCUT2D eigenvalue weighted by molar-refractivity contribution is -0.142. The number of amides is 1. The van der Waals surface area contributed by atoms with E-state index in [1.165, 1.54) is 6.92 Å². The Hall–Kier alpha value is -2.67. The highest BCUT2D eigenvalue weighted by atomic mass is 16.5. The van der Waals surface area contributed by atoms with Crippen LogP contribution in [0.2, 0.25) is 0 Å². The molecule has 164 valence electrons. The van der Waals surface area contributed by atoms with Crippen molar-refractivity contribution in [3.8, 4) is 0 Å². The summed E-state index contributed by atoms with van der Waals surface area (Å²) in [4.78, 5) is 37.3. The second-order valence-electron chi connectivity index (χ2n) is 7.44. The minimum Gasteiger partial charge on any atom is -0.466 e. The third-order valence-corrected chi connectivity index (χ3v) is 5.07. The van der Waals surface area contributed by atoms with E-state index in [1.807, 2.05) is 31.3 Å². The summed E-state index contributed by atoms with van der Waals surface area (Å²) in [5, 5.41) is 3.17. The van der Waals surface area contributed by atoms with Gasteiger partial charge in [-0.15, -0.1) is 0 Å². The van der Waals surface area contributed by atoms with E-state index in [2.05, 4.69) is 5.32 Å². The van der Waals surface area contributed by atoms with Crippen molar-refractivity contribution in [2.24, 2.45) is 0 Å². The number of benzene rings is 1. The standard InChI is InChI=1S/C23H32N2O5/c1-17(26)30-14-6-13-29-16-22(27)25(3)15-18-9-11-19(12-10-18)23(28)20-7-4-5-8-21(20)24-2/h9-12,24H,4-8,13-16H2,1-3H3. The highest BCUT2D eigenvalue weighted by molar-refractivity contribution is 6.09. The van der Waals surface area contributed by atoms with Gasteiger partial charge in [-0.25, -0.2) is 0 Å². The average molecular weight is 417 g/mol. The van der Waals surface area contributed by atoms with E-state index in [0.29, 0.717) is 25.1 Å². The molecule has 1 amide bonds. The largest absolute Gasteiger partial charge is 0.466 e. The van der Waals surface area contributed by atoms with Crippen molar-refractivity contribution in [1.82, 2.24) is 10.2 Å². The number of Topliss-reactive ketones (excluding diaryl/α,β-unsaturated/α-hetero) is 1. The molecule has 1 aliphatic carbocycles. The topological polar surface area (TPSA) is 84.9 Å². The van der Waals surface area contributed by atoms with Gasteiger partial charge in [0, 0.05) is 50.8 Å². The molecule has 0 spiro atoms. The first-order chi connectivity index (χ1) is 14.4. The van der Waals surface area contributed by atoms with Crippen LogP contribution in [0.15, 0.2) is 35.5 Å². The van der Waals surface area contributed by atoms with E-state index in [4.69, 9.17) is 9.47 Å². The fraction of sp³-hybridized carbons (Fsp3) is 0.522. The third kappa shape index (κ3) is 7.30. The summed E-state index contributed by atoms with van der Waals surface area (Å²) in [5.41, 5.74) is 3.56. The van der Waals surface area contributed by atoms with E-state index in [0.717, 1.165) is 42.5 Å². The number of ether oxygens (including phenoxy) is 2. The highest BCUT2D eigenvalue weighted by Gasteiger charge is 2.20. The summed E-state index contributed by atoms with van der Waals surface area (Å²) in [7, 11) is 3.59. The van der Waals surface area contributed by atoms with Crippen molar-refractivity contribution >= 4 is 17.7 Å². The number of nitrogens with zero attached hydrogens (tertiary/aromatic N) is 1. The van der Waals surface area contributed by atoms with Gasteiger partial charge in [-0.2, -0.15) is 0 Å². The molecule has 0 saturated heterocycles. The van der Waals surface area contributed by atoms with Crippen molar-refractivity contribution in [3.63, 3.8) is 0 Å². The maximum Gasteiger partial charge on any atom is 0.302 e. The first-order valence-corrected chi connectivity index (χ1v) is 10.4. The predicted octanol–water partition coefficient (Wildman–Crippen LogP) is 2.85. The Morgan fingerprint density at radius 3 is 2.43 bits per heavy atom. The van der Waals surface area contributed by atoms with Crippen LogP contribution in [-0.4, -0.2) is 56.5 Å². The highest BCUT2D eigenvalue weighted by Crippen LogP contribution is 2.26. The van der Waals surface area contributed by atoms with Crippen molar-refractivity contribution in [1.29, 1.82) is 0 Å². The number of esters is 1. The average Bonchev–Trinajstić information content (AvgIpc) is 2.75. The molecular weight excluding hydrogens is 384 g/mol. The zero-order valence-electron chi connectivity index (χ0n) is 18.2. The van der Waals surface area contributed by atoms with Crippen LogP contribution in [0.5, 0.6) is 0 Å². The number of rotatable bonds is 11. The summed E-state index contributed by atoms with van der Waals surface area (Å²) in [6, 6.07) is 7.44. The smallest absolute Gasteiger partial charge is 0.302 e. The van der Waals surface area contributed by atoms with Crippen molar-refractivity contribution in [2.75, 3.05) is 33.9 Å². The molecule has 7 nitrogen and oxygen atoms in total. The normalized spacial score (nSPS) is 13.7. The molecule has 0 atom stereocenters. The van der Waals surface area contributed by atoms with E-state index >= 15 is 0 Å². The SMILES string of the molecule is CNC1=C(C(=O)c2ccc(CN(C)C(=O)COCCCOC(C)=O)cc2)CCCC1. The van der Waals surface area contributed by atoms with E-state index < -0.39 is 0 Å². The summed E-state index contributed by atoms with van der Waals surface area (Å²) < 4.78 is 10.1. The van der Waals surface area contributed by atoms with Crippen LogP contribution >= 0.6 is 0 Å². The van der Waals surface area contributed by atoms with Crippen molar-refractivity contribution in [3.05, 3.63) is 46.7 Å². The van der Waals surface area contributed by atoms with Crippen LogP contribution in [-0.2, 0) is 25.6 Å². The molecule has 0 radical (unpaired) electrons. The lowest BCUT2D eigenvalue weighted by Gasteiger charge is -2.20. The summed E-state index contributed by atoms with van der Waals surface area (Å²) in [5.74, 6) is -0.373. The molecular formula is C23H32N2O5. The van der Waals surface area contributed by atoms with E-state index in [-0.39, 0.29) is 30.9 Å². The Morgan fingerprint density at radius 2 is 1.77 bits per heavy atom. The van der Waals surface area contributed by atoms with E-state index in [9.17, 15) is 14.4 Å². The Bertz CT molecular complexity index is 770. The van der Waals surface area contributed by atoms with Gasteiger partial charge in [0.05, 0.1) is 13.2 Å². The van der Waals surface area contributed by atoms with Gasteiger partial charge in [0.1, 0.15) is 6.61 Å². The quantitative estimate of drug-likeness (QED) is 0.339. The van der Waals surface area contributed by atoms with Crippen LogP contribution < -0.4 is 5.32 Å². The fourth-order valence-corrected chi connectivity index (χ4v) is 3.38.